The zero-order valence-electron chi connectivity index (χ0n) is 18.1. The van der Waals surface area contributed by atoms with Crippen LogP contribution in [0, 0.1) is 0 Å². The summed E-state index contributed by atoms with van der Waals surface area (Å²) in [6, 6.07) is 8.52. The van der Waals surface area contributed by atoms with Crippen molar-refractivity contribution in [3.8, 4) is 11.5 Å². The van der Waals surface area contributed by atoms with Crippen LogP contribution in [0.5, 0.6) is 11.5 Å². The lowest BCUT2D eigenvalue weighted by Gasteiger charge is -2.29. The van der Waals surface area contributed by atoms with Crippen LogP contribution in [0.3, 0.4) is 0 Å². The second kappa shape index (κ2) is 9.17. The lowest BCUT2D eigenvalue weighted by Crippen LogP contribution is -2.37. The second-order valence-electron chi connectivity index (χ2n) is 7.86. The molecule has 0 aromatic heterocycles. The standard InChI is InChI=1S/C23H23F3N2O4S/c1-31-14-6-7-15(18(11-14)32-2)17-4-3-9-28(17)21(29)12-20-22(30)27-16-10-13(23(24,25)26)5-8-19(16)33-20/h5-8,10-11,17,20H,3-4,9,12H2,1-2H3,(H,27,30). The van der Waals surface area contributed by atoms with Gasteiger partial charge in [-0.25, -0.2) is 0 Å². The number of likely N-dealkylation sites (tertiary alicyclic amines) is 1. The summed E-state index contributed by atoms with van der Waals surface area (Å²) in [6.45, 7) is 0.559. The molecular weight excluding hydrogens is 457 g/mol. The number of methoxy groups -OCH3 is 2. The molecule has 2 aliphatic rings. The molecule has 0 saturated carbocycles. The fraction of sp³-hybridized carbons (Fsp3) is 0.391. The van der Waals surface area contributed by atoms with E-state index in [0.717, 1.165) is 42.3 Å². The fourth-order valence-corrected chi connectivity index (χ4v) is 5.30. The second-order valence-corrected chi connectivity index (χ2v) is 9.11. The van der Waals surface area contributed by atoms with Gasteiger partial charge in [-0.05, 0) is 43.2 Å². The van der Waals surface area contributed by atoms with Crippen molar-refractivity contribution in [2.45, 2.75) is 41.6 Å². The summed E-state index contributed by atoms with van der Waals surface area (Å²) < 4.78 is 49.6. The Balaban J connectivity index is 1.50. The van der Waals surface area contributed by atoms with E-state index in [-0.39, 0.29) is 24.1 Å². The van der Waals surface area contributed by atoms with E-state index in [4.69, 9.17) is 9.47 Å². The van der Waals surface area contributed by atoms with Crippen LogP contribution in [0.1, 0.15) is 36.4 Å². The first-order valence-electron chi connectivity index (χ1n) is 10.4. The number of anilines is 1. The molecule has 2 amide bonds. The van der Waals surface area contributed by atoms with E-state index >= 15 is 0 Å². The number of carbonyl (C=O) groups excluding carboxylic acids is 2. The Kier molecular flexibility index (Phi) is 6.47. The highest BCUT2D eigenvalue weighted by Crippen LogP contribution is 2.42. The molecule has 1 fully saturated rings. The Bertz CT molecular complexity index is 1080. The molecular formula is C23H23F3N2O4S. The number of hydrogen-bond acceptors (Lipinski definition) is 5. The minimum absolute atomic E-state index is 0.0497. The van der Waals surface area contributed by atoms with E-state index in [0.29, 0.717) is 22.9 Å². The van der Waals surface area contributed by atoms with Crippen molar-refractivity contribution < 1.29 is 32.2 Å². The van der Waals surface area contributed by atoms with Crippen LogP contribution in [0.2, 0.25) is 0 Å². The Hall–Kier alpha value is -2.88. The smallest absolute Gasteiger partial charge is 0.416 e. The molecule has 2 unspecified atom stereocenters. The maximum atomic E-state index is 13.2. The van der Waals surface area contributed by atoms with Gasteiger partial charge in [-0.15, -0.1) is 11.8 Å². The Morgan fingerprint density at radius 1 is 1.18 bits per heavy atom. The molecule has 33 heavy (non-hydrogen) atoms. The Morgan fingerprint density at radius 2 is 1.97 bits per heavy atom. The number of halogens is 3. The van der Waals surface area contributed by atoms with Crippen LogP contribution in [-0.4, -0.2) is 42.7 Å². The number of carbonyl (C=O) groups is 2. The normalized spacial score (nSPS) is 20.3. The highest BCUT2D eigenvalue weighted by Gasteiger charge is 2.37. The molecule has 10 heteroatoms. The summed E-state index contributed by atoms with van der Waals surface area (Å²) >= 11 is 1.11. The Morgan fingerprint density at radius 3 is 2.67 bits per heavy atom. The van der Waals surface area contributed by atoms with Crippen LogP contribution in [0.15, 0.2) is 41.3 Å². The summed E-state index contributed by atoms with van der Waals surface area (Å²) in [4.78, 5) is 28.0. The highest BCUT2D eigenvalue weighted by molar-refractivity contribution is 8.01. The third-order valence-corrected chi connectivity index (χ3v) is 7.13. The number of amides is 2. The first kappa shape index (κ1) is 23.3. The summed E-state index contributed by atoms with van der Waals surface area (Å²) in [5.74, 6) is 0.614. The maximum absolute atomic E-state index is 13.2. The first-order chi connectivity index (χ1) is 15.7. The van der Waals surface area contributed by atoms with Gasteiger partial charge in [0, 0.05) is 29.5 Å². The predicted octanol–water partition coefficient (Wildman–Crippen LogP) is 4.89. The highest BCUT2D eigenvalue weighted by atomic mass is 32.2. The molecule has 2 heterocycles. The third kappa shape index (κ3) is 4.75. The van der Waals surface area contributed by atoms with Crippen molar-refractivity contribution in [1.29, 1.82) is 0 Å². The van der Waals surface area contributed by atoms with Crippen LogP contribution < -0.4 is 14.8 Å². The van der Waals surface area contributed by atoms with Crippen molar-refractivity contribution in [2.24, 2.45) is 0 Å². The summed E-state index contributed by atoms with van der Waals surface area (Å²) in [7, 11) is 3.12. The van der Waals surface area contributed by atoms with Crippen molar-refractivity contribution in [3.63, 3.8) is 0 Å². The van der Waals surface area contributed by atoms with E-state index < -0.39 is 22.9 Å². The van der Waals surface area contributed by atoms with Crippen LogP contribution in [0.25, 0.3) is 0 Å². The monoisotopic (exact) mass is 480 g/mol. The Labute approximate surface area is 193 Å². The number of thioether (sulfide) groups is 1. The van der Waals surface area contributed by atoms with E-state index in [2.05, 4.69) is 5.32 Å². The lowest BCUT2D eigenvalue weighted by atomic mass is 10.0. The van der Waals surface area contributed by atoms with Crippen LogP contribution in [-0.2, 0) is 15.8 Å². The molecule has 0 spiro atoms. The van der Waals surface area contributed by atoms with Gasteiger partial charge in [-0.3, -0.25) is 9.59 Å². The zero-order chi connectivity index (χ0) is 23.8. The first-order valence-corrected chi connectivity index (χ1v) is 11.3. The van der Waals surface area contributed by atoms with Gasteiger partial charge < -0.3 is 19.7 Å². The molecule has 2 aromatic carbocycles. The molecule has 0 radical (unpaired) electrons. The summed E-state index contributed by atoms with van der Waals surface area (Å²) in [6.07, 6.45) is -2.96. The molecule has 4 rings (SSSR count). The van der Waals surface area contributed by atoms with E-state index in [1.165, 1.54) is 6.07 Å². The van der Waals surface area contributed by atoms with Gasteiger partial charge in [0.25, 0.3) is 0 Å². The lowest BCUT2D eigenvalue weighted by molar-refractivity contribution is -0.137. The molecule has 0 aliphatic carbocycles. The van der Waals surface area contributed by atoms with E-state index in [9.17, 15) is 22.8 Å². The molecule has 1 saturated heterocycles. The molecule has 1 N–H and O–H groups in total. The average molecular weight is 481 g/mol. The van der Waals surface area contributed by atoms with Gasteiger partial charge in [0.15, 0.2) is 0 Å². The molecule has 2 atom stereocenters. The molecule has 2 aromatic rings. The number of rotatable bonds is 5. The van der Waals surface area contributed by atoms with Gasteiger partial charge in [0.1, 0.15) is 11.5 Å². The number of benzene rings is 2. The molecule has 0 bridgehead atoms. The van der Waals surface area contributed by atoms with E-state index in [1.54, 1.807) is 25.2 Å². The van der Waals surface area contributed by atoms with E-state index in [1.807, 2.05) is 12.1 Å². The van der Waals surface area contributed by atoms with Crippen molar-refractivity contribution in [2.75, 3.05) is 26.1 Å². The van der Waals surface area contributed by atoms with Crippen LogP contribution >= 0.6 is 11.8 Å². The molecule has 176 valence electrons. The summed E-state index contributed by atoms with van der Waals surface area (Å²) in [5, 5.41) is 1.81. The number of alkyl halides is 3. The topological polar surface area (TPSA) is 67.9 Å². The third-order valence-electron chi connectivity index (χ3n) is 5.86. The number of nitrogens with zero attached hydrogens (tertiary/aromatic N) is 1. The zero-order valence-corrected chi connectivity index (χ0v) is 18.9. The van der Waals surface area contributed by atoms with Crippen molar-refractivity contribution >= 4 is 29.3 Å². The quantitative estimate of drug-likeness (QED) is 0.660. The van der Waals surface area contributed by atoms with Gasteiger partial charge in [0.2, 0.25) is 11.8 Å². The minimum Gasteiger partial charge on any atom is -0.497 e. The minimum atomic E-state index is -4.50. The largest absolute Gasteiger partial charge is 0.497 e. The predicted molar refractivity (Wildman–Crippen MR) is 118 cm³/mol. The number of ether oxygens (including phenoxy) is 2. The fourth-order valence-electron chi connectivity index (χ4n) is 4.22. The number of hydrogen-bond donors (Lipinski definition) is 1. The van der Waals surface area contributed by atoms with Crippen molar-refractivity contribution in [3.05, 3.63) is 47.5 Å². The van der Waals surface area contributed by atoms with Gasteiger partial charge in [-0.1, -0.05) is 0 Å². The number of fused-ring (bicyclic) bond motifs is 1. The average Bonchev–Trinajstić information content (AvgIpc) is 3.28. The van der Waals surface area contributed by atoms with Gasteiger partial charge in [-0.2, -0.15) is 13.2 Å². The number of nitrogens with one attached hydrogen (secondary N) is 1. The molecule has 2 aliphatic heterocycles. The van der Waals surface area contributed by atoms with Crippen molar-refractivity contribution in [1.82, 2.24) is 4.90 Å². The van der Waals surface area contributed by atoms with Crippen LogP contribution in [0.4, 0.5) is 18.9 Å². The van der Waals surface area contributed by atoms with Gasteiger partial charge in [0.05, 0.1) is 36.8 Å². The molecule has 6 nitrogen and oxygen atoms in total. The summed E-state index contributed by atoms with van der Waals surface area (Å²) in [5.41, 5.74) is 0.158. The SMILES string of the molecule is COc1ccc(C2CCCN2C(=O)CC2Sc3ccc(C(F)(F)F)cc3NC2=O)c(OC)c1. The maximum Gasteiger partial charge on any atom is 0.416 e. The van der Waals surface area contributed by atoms with Gasteiger partial charge >= 0.3 is 6.18 Å².